The molecular formula is C25H23N5O3. The van der Waals surface area contributed by atoms with Crippen LogP contribution in [0.15, 0.2) is 71.9 Å². The minimum atomic E-state index is -0.499. The first kappa shape index (κ1) is 19.9. The summed E-state index contributed by atoms with van der Waals surface area (Å²) in [7, 11) is 0. The Morgan fingerprint density at radius 2 is 1.82 bits per heavy atom. The first-order chi connectivity index (χ1) is 16.1. The van der Waals surface area contributed by atoms with Gasteiger partial charge in [0.05, 0.1) is 18.0 Å². The van der Waals surface area contributed by atoms with E-state index < -0.39 is 5.60 Å². The highest BCUT2D eigenvalue weighted by atomic mass is 16.5. The van der Waals surface area contributed by atoms with Crippen molar-refractivity contribution in [2.75, 3.05) is 19.7 Å². The Morgan fingerprint density at radius 3 is 2.64 bits per heavy atom. The number of carbonyl (C=O) groups is 1. The van der Waals surface area contributed by atoms with Gasteiger partial charge in [-0.05, 0) is 49.1 Å². The highest BCUT2D eigenvalue weighted by Crippen LogP contribution is 2.41. The summed E-state index contributed by atoms with van der Waals surface area (Å²) in [6.07, 6.45) is 7.22. The van der Waals surface area contributed by atoms with Crippen LogP contribution in [0, 0.1) is 0 Å². The smallest absolute Gasteiger partial charge is 0.270 e. The van der Waals surface area contributed by atoms with E-state index in [9.17, 15) is 9.59 Å². The van der Waals surface area contributed by atoms with Crippen LogP contribution in [0.25, 0.3) is 11.3 Å². The van der Waals surface area contributed by atoms with Gasteiger partial charge in [0.15, 0.2) is 0 Å². The summed E-state index contributed by atoms with van der Waals surface area (Å²) >= 11 is 0. The zero-order valence-corrected chi connectivity index (χ0v) is 18.1. The van der Waals surface area contributed by atoms with E-state index in [0.29, 0.717) is 38.2 Å². The van der Waals surface area contributed by atoms with Crippen LogP contribution >= 0.6 is 0 Å². The molecule has 8 heteroatoms. The Labute approximate surface area is 190 Å². The maximum atomic E-state index is 13.2. The molecule has 4 aromatic rings. The molecule has 0 aliphatic carbocycles. The van der Waals surface area contributed by atoms with Crippen molar-refractivity contribution >= 4 is 11.6 Å². The number of likely N-dealkylation sites (tertiary alicyclic amines) is 1. The molecule has 0 radical (unpaired) electrons. The molecule has 1 amide bonds. The average Bonchev–Trinajstić information content (AvgIpc) is 3.31. The van der Waals surface area contributed by atoms with Crippen molar-refractivity contribution < 1.29 is 9.53 Å². The molecule has 0 N–H and O–H groups in total. The van der Waals surface area contributed by atoms with E-state index >= 15 is 0 Å². The van der Waals surface area contributed by atoms with Crippen LogP contribution in [0.2, 0.25) is 0 Å². The van der Waals surface area contributed by atoms with Gasteiger partial charge >= 0.3 is 0 Å². The van der Waals surface area contributed by atoms with Gasteiger partial charge in [0.25, 0.3) is 11.5 Å². The zero-order chi connectivity index (χ0) is 22.4. The van der Waals surface area contributed by atoms with Crippen LogP contribution in [0.1, 0.15) is 34.5 Å². The second-order valence-electron chi connectivity index (χ2n) is 8.57. The lowest BCUT2D eigenvalue weighted by molar-refractivity contribution is -0.0963. The molecule has 8 nitrogen and oxygen atoms in total. The van der Waals surface area contributed by atoms with Crippen LogP contribution in [0.3, 0.4) is 0 Å². The predicted octanol–water partition coefficient (Wildman–Crippen LogP) is 2.58. The Hall–Kier alpha value is -3.78. The zero-order valence-electron chi connectivity index (χ0n) is 18.1. The summed E-state index contributed by atoms with van der Waals surface area (Å²) in [5.41, 5.74) is 2.95. The van der Waals surface area contributed by atoms with Gasteiger partial charge in [0, 0.05) is 31.7 Å². The van der Waals surface area contributed by atoms with Crippen molar-refractivity contribution in [3.05, 3.63) is 94.3 Å². The lowest BCUT2D eigenvalue weighted by atomic mass is 9.83. The minimum Gasteiger partial charge on any atom is -0.368 e. The number of carbonyl (C=O) groups excluding carboxylic acids is 1. The number of ether oxygens (including phenoxy) is 1. The fourth-order valence-corrected chi connectivity index (χ4v) is 4.91. The molecule has 33 heavy (non-hydrogen) atoms. The molecular weight excluding hydrogens is 418 g/mol. The third-order valence-electron chi connectivity index (χ3n) is 6.69. The number of piperidine rings is 1. The number of rotatable bonds is 2. The van der Waals surface area contributed by atoms with Crippen molar-refractivity contribution in [3.8, 4) is 5.69 Å². The number of nitrogens with zero attached hydrogens (tertiary/aromatic N) is 5. The van der Waals surface area contributed by atoms with Crippen molar-refractivity contribution in [1.29, 1.82) is 0 Å². The number of hydrogen-bond acceptors (Lipinski definition) is 5. The molecule has 0 atom stereocenters. The van der Waals surface area contributed by atoms with E-state index in [-0.39, 0.29) is 17.0 Å². The standard InChI is InChI=1S/C25H23N5O3/c31-23(20-16-26-21-8-4-5-12-29(21)24(20)32)28-13-10-25(11-14-28)22-18(9-15-33-25)17-30(27-22)19-6-2-1-3-7-19/h1-8,12,16-17H,9-11,13-15H2. The van der Waals surface area contributed by atoms with Gasteiger partial charge in [-0.3, -0.25) is 14.0 Å². The number of para-hydroxylation sites is 1. The van der Waals surface area contributed by atoms with Gasteiger partial charge in [0.1, 0.15) is 16.8 Å². The second-order valence-corrected chi connectivity index (χ2v) is 8.57. The highest BCUT2D eigenvalue weighted by molar-refractivity contribution is 5.93. The number of fused-ring (bicyclic) bond motifs is 3. The van der Waals surface area contributed by atoms with E-state index in [0.717, 1.165) is 17.8 Å². The Morgan fingerprint density at radius 1 is 1.03 bits per heavy atom. The molecule has 1 aromatic carbocycles. The number of aromatic nitrogens is 4. The number of hydrogen-bond donors (Lipinski definition) is 0. The van der Waals surface area contributed by atoms with Gasteiger partial charge < -0.3 is 9.64 Å². The number of amides is 1. The van der Waals surface area contributed by atoms with Crippen molar-refractivity contribution in [2.24, 2.45) is 0 Å². The topological polar surface area (TPSA) is 81.7 Å². The largest absolute Gasteiger partial charge is 0.368 e. The highest BCUT2D eigenvalue weighted by Gasteiger charge is 2.44. The monoisotopic (exact) mass is 441 g/mol. The molecule has 6 rings (SSSR count). The minimum absolute atomic E-state index is 0.0910. The SMILES string of the molecule is O=C(c1cnc2ccccn2c1=O)N1CCC2(CC1)OCCc1cn(-c3ccccc3)nc12. The fourth-order valence-electron chi connectivity index (χ4n) is 4.91. The average molecular weight is 441 g/mol. The molecule has 1 spiro atoms. The van der Waals surface area contributed by atoms with Gasteiger partial charge in [-0.25, -0.2) is 9.67 Å². The maximum absolute atomic E-state index is 13.2. The predicted molar refractivity (Wildman–Crippen MR) is 121 cm³/mol. The third-order valence-corrected chi connectivity index (χ3v) is 6.69. The third kappa shape index (κ3) is 3.25. The normalized spacial score (nSPS) is 17.3. The van der Waals surface area contributed by atoms with Crippen LogP contribution < -0.4 is 5.56 Å². The molecule has 166 valence electrons. The first-order valence-electron chi connectivity index (χ1n) is 11.2. The van der Waals surface area contributed by atoms with Gasteiger partial charge in [-0.1, -0.05) is 24.3 Å². The lowest BCUT2D eigenvalue weighted by Crippen LogP contribution is -2.49. The summed E-state index contributed by atoms with van der Waals surface area (Å²) in [5, 5.41) is 4.90. The summed E-state index contributed by atoms with van der Waals surface area (Å²) in [4.78, 5) is 32.0. The maximum Gasteiger partial charge on any atom is 0.270 e. The molecule has 5 heterocycles. The summed E-state index contributed by atoms with van der Waals surface area (Å²) in [6, 6.07) is 15.3. The molecule has 2 aliphatic rings. The van der Waals surface area contributed by atoms with Crippen LogP contribution in [0.4, 0.5) is 0 Å². The Bertz CT molecular complexity index is 1400. The molecule has 0 bridgehead atoms. The Kier molecular flexibility index (Phi) is 4.62. The van der Waals surface area contributed by atoms with E-state index in [1.54, 1.807) is 23.2 Å². The molecule has 0 unspecified atom stereocenters. The van der Waals surface area contributed by atoms with E-state index in [1.165, 1.54) is 16.2 Å². The molecule has 2 aliphatic heterocycles. The van der Waals surface area contributed by atoms with E-state index in [2.05, 4.69) is 11.2 Å². The number of pyridine rings is 1. The fraction of sp³-hybridized carbons (Fsp3) is 0.280. The lowest BCUT2D eigenvalue weighted by Gasteiger charge is -2.42. The molecule has 0 saturated carbocycles. The quantitative estimate of drug-likeness (QED) is 0.478. The van der Waals surface area contributed by atoms with Crippen molar-refractivity contribution in [3.63, 3.8) is 0 Å². The van der Waals surface area contributed by atoms with Crippen molar-refractivity contribution in [2.45, 2.75) is 24.9 Å². The summed E-state index contributed by atoms with van der Waals surface area (Å²) in [5.74, 6) is -0.286. The first-order valence-corrected chi connectivity index (χ1v) is 11.2. The van der Waals surface area contributed by atoms with Gasteiger partial charge in [-0.15, -0.1) is 0 Å². The van der Waals surface area contributed by atoms with Gasteiger partial charge in [0.2, 0.25) is 0 Å². The van der Waals surface area contributed by atoms with E-state index in [4.69, 9.17) is 9.84 Å². The second kappa shape index (κ2) is 7.67. The van der Waals surface area contributed by atoms with Gasteiger partial charge in [-0.2, -0.15) is 5.10 Å². The van der Waals surface area contributed by atoms with E-state index in [1.807, 2.05) is 41.1 Å². The molecule has 1 fully saturated rings. The van der Waals surface area contributed by atoms with Crippen LogP contribution in [-0.2, 0) is 16.8 Å². The summed E-state index contributed by atoms with van der Waals surface area (Å²) < 4.78 is 9.63. The van der Waals surface area contributed by atoms with Crippen LogP contribution in [0.5, 0.6) is 0 Å². The molecule has 1 saturated heterocycles. The number of benzene rings is 1. The van der Waals surface area contributed by atoms with Crippen LogP contribution in [-0.4, -0.2) is 49.7 Å². The summed E-state index contributed by atoms with van der Waals surface area (Å²) in [6.45, 7) is 1.62. The molecule has 3 aromatic heterocycles. The van der Waals surface area contributed by atoms with Crippen molar-refractivity contribution in [1.82, 2.24) is 24.1 Å². The Balaban J connectivity index is 1.26.